The molecule has 0 spiro atoms. The first-order chi connectivity index (χ1) is 6.79. The molecule has 0 amide bonds. The predicted octanol–water partition coefficient (Wildman–Crippen LogP) is 1.18. The minimum atomic E-state index is -0.756. The summed E-state index contributed by atoms with van der Waals surface area (Å²) in [7, 11) is 1.87. The highest BCUT2D eigenvalue weighted by Crippen LogP contribution is 2.21. The zero-order valence-corrected chi connectivity index (χ0v) is 9.78. The van der Waals surface area contributed by atoms with Gasteiger partial charge in [0.05, 0.1) is 11.3 Å². The van der Waals surface area contributed by atoms with Crippen molar-refractivity contribution in [3.8, 4) is 0 Å². The standard InChI is InChI=1S/C11H19N3O/c1-8-5-9(12)10(13-6-8)14(4)7-11(2,3)15/h5-6,15H,7,12H2,1-4H3. The van der Waals surface area contributed by atoms with E-state index in [1.54, 1.807) is 20.0 Å². The first-order valence-corrected chi connectivity index (χ1v) is 4.95. The summed E-state index contributed by atoms with van der Waals surface area (Å²) in [6.07, 6.45) is 1.77. The molecule has 4 nitrogen and oxygen atoms in total. The van der Waals surface area contributed by atoms with Crippen molar-refractivity contribution >= 4 is 11.5 Å². The van der Waals surface area contributed by atoms with Crippen LogP contribution < -0.4 is 10.6 Å². The van der Waals surface area contributed by atoms with Gasteiger partial charge in [-0.1, -0.05) is 0 Å². The summed E-state index contributed by atoms with van der Waals surface area (Å²) in [5, 5.41) is 9.68. The monoisotopic (exact) mass is 209 g/mol. The first-order valence-electron chi connectivity index (χ1n) is 4.95. The second kappa shape index (κ2) is 4.06. The second-order valence-electron chi connectivity index (χ2n) is 4.59. The number of aliphatic hydroxyl groups is 1. The fourth-order valence-electron chi connectivity index (χ4n) is 1.56. The van der Waals surface area contributed by atoms with Crippen molar-refractivity contribution < 1.29 is 5.11 Å². The molecular weight excluding hydrogens is 190 g/mol. The lowest BCUT2D eigenvalue weighted by Gasteiger charge is -2.27. The van der Waals surface area contributed by atoms with Gasteiger partial charge in [-0.15, -0.1) is 0 Å². The van der Waals surface area contributed by atoms with Crippen LogP contribution in [0.25, 0.3) is 0 Å². The van der Waals surface area contributed by atoms with E-state index < -0.39 is 5.60 Å². The molecule has 0 fully saturated rings. The molecule has 0 aliphatic carbocycles. The van der Waals surface area contributed by atoms with Crippen LogP contribution in [0.3, 0.4) is 0 Å². The molecule has 0 radical (unpaired) electrons. The highest BCUT2D eigenvalue weighted by molar-refractivity contribution is 5.63. The summed E-state index contributed by atoms with van der Waals surface area (Å²) >= 11 is 0. The Hall–Kier alpha value is -1.29. The molecule has 1 rings (SSSR count). The van der Waals surface area contributed by atoms with Crippen molar-refractivity contribution in [1.82, 2.24) is 4.98 Å². The van der Waals surface area contributed by atoms with Gasteiger partial charge < -0.3 is 15.7 Å². The topological polar surface area (TPSA) is 62.4 Å². The van der Waals surface area contributed by atoms with Gasteiger partial charge in [-0.05, 0) is 32.4 Å². The third-order valence-electron chi connectivity index (χ3n) is 2.02. The number of nitrogens with two attached hydrogens (primary N) is 1. The number of aromatic nitrogens is 1. The molecule has 0 bridgehead atoms. The molecule has 15 heavy (non-hydrogen) atoms. The van der Waals surface area contributed by atoms with Crippen molar-refractivity contribution in [2.24, 2.45) is 0 Å². The quantitative estimate of drug-likeness (QED) is 0.784. The van der Waals surface area contributed by atoms with Crippen LogP contribution in [0, 0.1) is 6.92 Å². The minimum Gasteiger partial charge on any atom is -0.396 e. The average molecular weight is 209 g/mol. The largest absolute Gasteiger partial charge is 0.396 e. The fraction of sp³-hybridized carbons (Fsp3) is 0.545. The summed E-state index contributed by atoms with van der Waals surface area (Å²) in [5.74, 6) is 0.711. The Kier molecular flexibility index (Phi) is 3.19. The van der Waals surface area contributed by atoms with Gasteiger partial charge in [-0.2, -0.15) is 0 Å². The van der Waals surface area contributed by atoms with Crippen LogP contribution in [0.5, 0.6) is 0 Å². The Bertz CT molecular complexity index is 344. The number of nitrogen functional groups attached to an aromatic ring is 1. The Morgan fingerprint density at radius 3 is 2.60 bits per heavy atom. The van der Waals surface area contributed by atoms with Gasteiger partial charge in [0.2, 0.25) is 0 Å². The third kappa shape index (κ3) is 3.40. The maximum absolute atomic E-state index is 9.68. The van der Waals surface area contributed by atoms with Gasteiger partial charge in [-0.3, -0.25) is 0 Å². The van der Waals surface area contributed by atoms with E-state index in [0.717, 1.165) is 5.56 Å². The molecule has 0 aliphatic heterocycles. The Balaban J connectivity index is 2.87. The van der Waals surface area contributed by atoms with Crippen LogP contribution >= 0.6 is 0 Å². The SMILES string of the molecule is Cc1cnc(N(C)CC(C)(C)O)c(N)c1. The molecule has 0 aliphatic rings. The van der Waals surface area contributed by atoms with Crippen LogP contribution in [0.15, 0.2) is 12.3 Å². The van der Waals surface area contributed by atoms with Crippen molar-refractivity contribution in [3.63, 3.8) is 0 Å². The van der Waals surface area contributed by atoms with Crippen molar-refractivity contribution in [2.75, 3.05) is 24.2 Å². The highest BCUT2D eigenvalue weighted by Gasteiger charge is 2.17. The molecule has 0 saturated carbocycles. The van der Waals surface area contributed by atoms with Gasteiger partial charge in [0.15, 0.2) is 5.82 Å². The Morgan fingerprint density at radius 1 is 1.53 bits per heavy atom. The summed E-state index contributed by atoms with van der Waals surface area (Å²) in [5.41, 5.74) is 6.77. The van der Waals surface area contributed by atoms with Gasteiger partial charge >= 0.3 is 0 Å². The number of nitrogens with zero attached hydrogens (tertiary/aromatic N) is 2. The van der Waals surface area contributed by atoms with E-state index in [2.05, 4.69) is 4.98 Å². The van der Waals surface area contributed by atoms with Gasteiger partial charge in [0.1, 0.15) is 0 Å². The van der Waals surface area contributed by atoms with Crippen LogP contribution in [0.1, 0.15) is 19.4 Å². The summed E-state index contributed by atoms with van der Waals surface area (Å²) in [6.45, 7) is 5.96. The van der Waals surface area contributed by atoms with E-state index in [-0.39, 0.29) is 0 Å². The second-order valence-corrected chi connectivity index (χ2v) is 4.59. The Labute approximate surface area is 90.7 Å². The number of likely N-dealkylation sites (N-methyl/N-ethyl adjacent to an activating group) is 1. The molecule has 1 heterocycles. The molecule has 0 saturated heterocycles. The van der Waals surface area contributed by atoms with Crippen molar-refractivity contribution in [3.05, 3.63) is 17.8 Å². The number of rotatable bonds is 3. The molecule has 0 atom stereocenters. The first kappa shape index (κ1) is 11.8. The van der Waals surface area contributed by atoms with Gasteiger partial charge in [0.25, 0.3) is 0 Å². The van der Waals surface area contributed by atoms with Gasteiger partial charge in [0, 0.05) is 19.8 Å². The predicted molar refractivity (Wildman–Crippen MR) is 63.0 cm³/mol. The lowest BCUT2D eigenvalue weighted by atomic mass is 10.1. The normalized spacial score (nSPS) is 11.5. The summed E-state index contributed by atoms with van der Waals surface area (Å²) < 4.78 is 0. The van der Waals surface area contributed by atoms with Crippen LogP contribution in [-0.2, 0) is 0 Å². The van der Waals surface area contributed by atoms with Crippen molar-refractivity contribution in [1.29, 1.82) is 0 Å². The molecular formula is C11H19N3O. The molecule has 0 aromatic carbocycles. The number of aryl methyl sites for hydroxylation is 1. The van der Waals surface area contributed by atoms with E-state index in [4.69, 9.17) is 5.73 Å². The van der Waals surface area contributed by atoms with E-state index in [9.17, 15) is 5.11 Å². The molecule has 1 aromatic rings. The van der Waals surface area contributed by atoms with Crippen LogP contribution in [0.2, 0.25) is 0 Å². The van der Waals surface area contributed by atoms with Crippen LogP contribution in [0.4, 0.5) is 11.5 Å². The highest BCUT2D eigenvalue weighted by atomic mass is 16.3. The molecule has 3 N–H and O–H groups in total. The molecule has 4 heteroatoms. The lowest BCUT2D eigenvalue weighted by Crippen LogP contribution is -2.37. The van der Waals surface area contributed by atoms with E-state index in [1.807, 2.05) is 24.9 Å². The zero-order chi connectivity index (χ0) is 11.6. The maximum Gasteiger partial charge on any atom is 0.151 e. The minimum absolute atomic E-state index is 0.493. The van der Waals surface area contributed by atoms with E-state index in [1.165, 1.54) is 0 Å². The summed E-state index contributed by atoms with van der Waals surface area (Å²) in [4.78, 5) is 6.11. The number of hydrogen-bond acceptors (Lipinski definition) is 4. The van der Waals surface area contributed by atoms with E-state index in [0.29, 0.717) is 18.1 Å². The lowest BCUT2D eigenvalue weighted by molar-refractivity contribution is 0.0885. The maximum atomic E-state index is 9.68. The molecule has 84 valence electrons. The molecule has 1 aromatic heterocycles. The fourth-order valence-corrected chi connectivity index (χ4v) is 1.56. The van der Waals surface area contributed by atoms with Gasteiger partial charge in [-0.25, -0.2) is 4.98 Å². The molecule has 0 unspecified atom stereocenters. The summed E-state index contributed by atoms with van der Waals surface area (Å²) in [6, 6.07) is 1.88. The Morgan fingerprint density at radius 2 is 2.13 bits per heavy atom. The third-order valence-corrected chi connectivity index (χ3v) is 2.02. The number of pyridine rings is 1. The smallest absolute Gasteiger partial charge is 0.151 e. The average Bonchev–Trinajstić information content (AvgIpc) is 1.99. The number of hydrogen-bond donors (Lipinski definition) is 2. The number of anilines is 2. The zero-order valence-electron chi connectivity index (χ0n) is 9.78. The van der Waals surface area contributed by atoms with E-state index >= 15 is 0 Å². The van der Waals surface area contributed by atoms with Crippen molar-refractivity contribution in [2.45, 2.75) is 26.4 Å². The van der Waals surface area contributed by atoms with Crippen LogP contribution in [-0.4, -0.2) is 29.3 Å².